The number of nitrogen functional groups attached to an aromatic ring is 2. The number of hydrogen-bond acceptors (Lipinski definition) is 11. The molecular formula is C22H15N9O4. The van der Waals surface area contributed by atoms with Crippen molar-refractivity contribution in [2.45, 2.75) is 6.04 Å². The number of nitriles is 2. The number of rotatable bonds is 4. The Morgan fingerprint density at radius 3 is 2.46 bits per heavy atom. The summed E-state index contributed by atoms with van der Waals surface area (Å²) in [5, 5.41) is 44.2. The molecule has 0 radical (unpaired) electrons. The Bertz CT molecular complexity index is 1500. The van der Waals surface area contributed by atoms with Crippen LogP contribution in [0, 0.1) is 32.9 Å². The zero-order valence-electron chi connectivity index (χ0n) is 17.7. The van der Waals surface area contributed by atoms with Crippen molar-refractivity contribution in [3.8, 4) is 23.4 Å². The monoisotopic (exact) mass is 469 g/mol. The van der Waals surface area contributed by atoms with Crippen molar-refractivity contribution < 1.29 is 14.8 Å². The fraction of sp³-hybridized carbons (Fsp3) is 0.0455. The largest absolute Gasteiger partial charge is 0.477 e. The second kappa shape index (κ2) is 8.68. The first-order valence-electron chi connectivity index (χ1n) is 9.86. The van der Waals surface area contributed by atoms with Crippen LogP contribution in [0.5, 0.6) is 0 Å². The third-order valence-corrected chi connectivity index (χ3v) is 5.34. The molecule has 1 aliphatic heterocycles. The number of aromatic nitrogens is 1. The van der Waals surface area contributed by atoms with Crippen LogP contribution in [-0.2, 0) is 0 Å². The molecule has 7 N–H and O–H groups in total. The molecule has 35 heavy (non-hydrogen) atoms. The van der Waals surface area contributed by atoms with E-state index in [-0.39, 0.29) is 28.8 Å². The zero-order valence-corrected chi connectivity index (χ0v) is 17.7. The molecule has 1 atom stereocenters. The predicted octanol–water partition coefficient (Wildman–Crippen LogP) is 2.33. The van der Waals surface area contributed by atoms with Crippen LogP contribution in [0.25, 0.3) is 11.1 Å². The van der Waals surface area contributed by atoms with Gasteiger partial charge in [0.2, 0.25) is 5.96 Å². The van der Waals surface area contributed by atoms with E-state index < -0.39 is 28.2 Å². The molecule has 2 aromatic carbocycles. The number of hydrogen-bond donors (Lipinski definition) is 5. The molecule has 1 aliphatic rings. The molecule has 1 aromatic heterocycles. The minimum Gasteiger partial charge on any atom is -0.477 e. The topological polar surface area (TPSA) is 229 Å². The van der Waals surface area contributed by atoms with Gasteiger partial charge in [-0.3, -0.25) is 15.4 Å². The number of benzene rings is 2. The molecule has 3 aromatic rings. The van der Waals surface area contributed by atoms with E-state index in [1.54, 1.807) is 30.5 Å². The predicted molar refractivity (Wildman–Crippen MR) is 125 cm³/mol. The molecule has 0 amide bonds. The maximum absolute atomic E-state index is 11.3. The number of anilines is 3. The van der Waals surface area contributed by atoms with Gasteiger partial charge < -0.3 is 21.9 Å². The maximum Gasteiger partial charge on any atom is 0.342 e. The molecule has 172 valence electrons. The van der Waals surface area contributed by atoms with E-state index >= 15 is 0 Å². The van der Waals surface area contributed by atoms with Gasteiger partial charge in [-0.1, -0.05) is 30.3 Å². The smallest absolute Gasteiger partial charge is 0.342 e. The van der Waals surface area contributed by atoms with Crippen molar-refractivity contribution in [1.82, 2.24) is 10.3 Å². The Hall–Kier alpha value is -5.69. The summed E-state index contributed by atoms with van der Waals surface area (Å²) in [6, 6.07) is 11.8. The number of nitrogens with one attached hydrogen (secondary N) is 2. The van der Waals surface area contributed by atoms with E-state index in [0.717, 1.165) is 0 Å². The molecule has 0 fully saturated rings. The van der Waals surface area contributed by atoms with E-state index in [2.05, 4.69) is 20.6 Å². The quantitative estimate of drug-likeness (QED) is 0.161. The lowest BCUT2D eigenvalue weighted by atomic mass is 9.93. The van der Waals surface area contributed by atoms with E-state index in [4.69, 9.17) is 16.7 Å². The number of fused-ring (bicyclic) bond motifs is 1. The number of nitrogens with two attached hydrogens (primary N) is 2. The maximum atomic E-state index is 11.3. The number of carboxylic acids is 1. The normalized spacial score (nSPS) is 13.9. The summed E-state index contributed by atoms with van der Waals surface area (Å²) >= 11 is 0. The molecule has 1 unspecified atom stereocenters. The molecule has 13 heteroatoms. The zero-order chi connectivity index (χ0) is 25.3. The van der Waals surface area contributed by atoms with Gasteiger partial charge in [0, 0.05) is 11.6 Å². The van der Waals surface area contributed by atoms with Crippen LogP contribution in [-0.4, -0.2) is 26.9 Å². The highest BCUT2D eigenvalue weighted by molar-refractivity contribution is 5.98. The number of guanidine groups is 1. The SMILES string of the molecule is N#CNC1=NC(c2ccc(-c3ccc(C(=O)O)c([N+](=O)[O-])c3)cc2)c2c(nc(N)c(C#N)c2N)N1. The van der Waals surface area contributed by atoms with E-state index in [9.17, 15) is 25.3 Å². The number of pyridine rings is 1. The average molecular weight is 469 g/mol. The lowest BCUT2D eigenvalue weighted by molar-refractivity contribution is -0.385. The van der Waals surface area contributed by atoms with Gasteiger partial charge in [-0.2, -0.15) is 10.5 Å². The number of aromatic carboxylic acids is 1. The molecule has 0 saturated heterocycles. The average Bonchev–Trinajstić information content (AvgIpc) is 2.83. The van der Waals surface area contributed by atoms with Gasteiger partial charge >= 0.3 is 5.97 Å². The van der Waals surface area contributed by atoms with Crippen LogP contribution < -0.4 is 22.1 Å². The molecule has 0 spiro atoms. The highest BCUT2D eigenvalue weighted by Crippen LogP contribution is 2.41. The summed E-state index contributed by atoms with van der Waals surface area (Å²) in [6.07, 6.45) is 1.77. The van der Waals surface area contributed by atoms with E-state index in [0.29, 0.717) is 22.3 Å². The molecule has 13 nitrogen and oxygen atoms in total. The van der Waals surface area contributed by atoms with Crippen LogP contribution >= 0.6 is 0 Å². The first kappa shape index (κ1) is 22.5. The van der Waals surface area contributed by atoms with E-state index in [1.165, 1.54) is 18.2 Å². The number of carbonyl (C=O) groups is 1. The van der Waals surface area contributed by atoms with Crippen LogP contribution in [0.3, 0.4) is 0 Å². The van der Waals surface area contributed by atoms with Gasteiger partial charge in [-0.05, 0) is 22.8 Å². The Balaban J connectivity index is 1.79. The second-order valence-electron chi connectivity index (χ2n) is 7.32. The van der Waals surface area contributed by atoms with Crippen LogP contribution in [0.4, 0.5) is 23.0 Å². The summed E-state index contributed by atoms with van der Waals surface area (Å²) in [4.78, 5) is 30.5. The third kappa shape index (κ3) is 3.96. The van der Waals surface area contributed by atoms with Crippen LogP contribution in [0.2, 0.25) is 0 Å². The number of nitrogens with zero attached hydrogens (tertiary/aromatic N) is 5. The fourth-order valence-electron chi connectivity index (χ4n) is 3.72. The van der Waals surface area contributed by atoms with Gasteiger partial charge in [-0.25, -0.2) is 14.8 Å². The Morgan fingerprint density at radius 1 is 1.17 bits per heavy atom. The van der Waals surface area contributed by atoms with Crippen molar-refractivity contribution in [3.05, 3.63) is 74.8 Å². The second-order valence-corrected chi connectivity index (χ2v) is 7.32. The molecule has 0 bridgehead atoms. The first-order chi connectivity index (χ1) is 16.7. The van der Waals surface area contributed by atoms with Crippen molar-refractivity contribution in [3.63, 3.8) is 0 Å². The molecule has 0 saturated carbocycles. The first-order valence-corrected chi connectivity index (χ1v) is 9.86. The Kier molecular flexibility index (Phi) is 5.58. The number of carboxylic acid groups (broad SMARTS) is 1. The molecule has 4 rings (SSSR count). The summed E-state index contributed by atoms with van der Waals surface area (Å²) in [5.41, 5.74) is 13.3. The molecule has 0 aliphatic carbocycles. The highest BCUT2D eigenvalue weighted by atomic mass is 16.6. The minimum absolute atomic E-state index is 0.00453. The van der Waals surface area contributed by atoms with Crippen molar-refractivity contribution >= 4 is 34.9 Å². The lowest BCUT2D eigenvalue weighted by Crippen LogP contribution is -2.32. The van der Waals surface area contributed by atoms with Crippen molar-refractivity contribution in [2.24, 2.45) is 4.99 Å². The highest BCUT2D eigenvalue weighted by Gasteiger charge is 2.29. The summed E-state index contributed by atoms with van der Waals surface area (Å²) in [6.45, 7) is 0. The van der Waals surface area contributed by atoms with Gasteiger partial charge in [0.15, 0.2) is 6.19 Å². The van der Waals surface area contributed by atoms with E-state index in [1.807, 2.05) is 6.07 Å². The van der Waals surface area contributed by atoms with Gasteiger partial charge in [0.05, 0.1) is 10.6 Å². The van der Waals surface area contributed by atoms with Gasteiger partial charge in [0.1, 0.15) is 34.9 Å². The number of nitro groups is 1. The Labute approximate surface area is 197 Å². The van der Waals surface area contributed by atoms with Crippen LogP contribution in [0.1, 0.15) is 33.1 Å². The summed E-state index contributed by atoms with van der Waals surface area (Å²) in [5.74, 6) is -1.13. The number of nitro benzene ring substituents is 1. The third-order valence-electron chi connectivity index (χ3n) is 5.34. The summed E-state index contributed by atoms with van der Waals surface area (Å²) in [7, 11) is 0. The Morgan fingerprint density at radius 2 is 1.86 bits per heavy atom. The summed E-state index contributed by atoms with van der Waals surface area (Å²) < 4.78 is 0. The van der Waals surface area contributed by atoms with Gasteiger partial charge in [-0.15, -0.1) is 0 Å². The van der Waals surface area contributed by atoms with Crippen molar-refractivity contribution in [2.75, 3.05) is 16.8 Å². The fourth-order valence-corrected chi connectivity index (χ4v) is 3.72. The minimum atomic E-state index is -1.40. The van der Waals surface area contributed by atoms with Gasteiger partial charge in [0.25, 0.3) is 5.69 Å². The molecule has 2 heterocycles. The standard InChI is InChI=1S/C22H15N9O4/c23-8-14-17(25)16-18(28-22(27-9-24)30-20(16)29-19(14)26)11-3-1-10(2-4-11)12-5-6-13(21(32)33)15(7-12)31(34)35/h1-7,18H,(H,32,33)(H6,25,26,27,28,29,30). The lowest BCUT2D eigenvalue weighted by Gasteiger charge is -2.26. The number of aliphatic imine (C=N–C) groups is 1. The molecular weight excluding hydrogens is 454 g/mol. The van der Waals surface area contributed by atoms with Crippen LogP contribution in [0.15, 0.2) is 47.5 Å². The van der Waals surface area contributed by atoms with Crippen molar-refractivity contribution in [1.29, 1.82) is 10.5 Å².